The van der Waals surface area contributed by atoms with E-state index in [0.717, 1.165) is 17.1 Å². The van der Waals surface area contributed by atoms with Crippen LogP contribution in [0, 0.1) is 0 Å². The van der Waals surface area contributed by atoms with Crippen molar-refractivity contribution in [2.24, 2.45) is 0 Å². The van der Waals surface area contributed by atoms with Gasteiger partial charge in [0.05, 0.1) is 0 Å². The molecule has 0 saturated heterocycles. The minimum absolute atomic E-state index is 0.115. The lowest BCUT2D eigenvalue weighted by molar-refractivity contribution is 0.660. The van der Waals surface area contributed by atoms with E-state index in [-0.39, 0.29) is 5.41 Å². The van der Waals surface area contributed by atoms with E-state index < -0.39 is 0 Å². The summed E-state index contributed by atoms with van der Waals surface area (Å²) in [4.78, 5) is 2.42. The summed E-state index contributed by atoms with van der Waals surface area (Å²) in [6.45, 7) is 4.72. The lowest BCUT2D eigenvalue weighted by Gasteiger charge is -2.28. The maximum Gasteiger partial charge on any atom is 0.0465 e. The zero-order valence-corrected chi connectivity index (χ0v) is 34.8. The molecule has 2 aliphatic rings. The van der Waals surface area contributed by atoms with Crippen LogP contribution in [-0.2, 0) is 5.41 Å². The van der Waals surface area contributed by atoms with Crippen LogP contribution in [0.3, 0.4) is 0 Å². The molecule has 0 unspecified atom stereocenters. The van der Waals surface area contributed by atoms with Gasteiger partial charge in [-0.05, 0) is 142 Å². The van der Waals surface area contributed by atoms with E-state index in [1.54, 1.807) is 0 Å². The third-order valence-electron chi connectivity index (χ3n) is 13.4. The first-order chi connectivity index (χ1) is 30.5. The highest BCUT2D eigenvalue weighted by molar-refractivity contribution is 6.22. The van der Waals surface area contributed by atoms with Crippen molar-refractivity contribution in [1.82, 2.24) is 0 Å². The molecule has 0 N–H and O–H groups in total. The Hall–Kier alpha value is -7.74. The van der Waals surface area contributed by atoms with E-state index in [1.807, 2.05) is 0 Å². The normalized spacial score (nSPS) is 12.8. The van der Waals surface area contributed by atoms with Crippen molar-refractivity contribution in [3.63, 3.8) is 0 Å². The summed E-state index contributed by atoms with van der Waals surface area (Å²) < 4.78 is 0. The second-order valence-electron chi connectivity index (χ2n) is 17.2. The second-order valence-corrected chi connectivity index (χ2v) is 17.2. The van der Waals surface area contributed by atoms with Crippen LogP contribution in [0.1, 0.15) is 25.0 Å². The molecular weight excluding hydrogens is 747 g/mol. The molecule has 1 heteroatoms. The van der Waals surface area contributed by atoms with E-state index in [9.17, 15) is 0 Å². The SMILES string of the molecule is CC1(C)c2ccccc2-c2ccc(N(c3ccc(-c4ccccc4)cc3)c3ccc(-c4cc(-c5ccccc5)c5c(c4-c4ccccc4)-c4cccc6cccc-5c46)cc3)cc21. The fourth-order valence-corrected chi connectivity index (χ4v) is 10.5. The number of nitrogens with zero attached hydrogens (tertiary/aromatic N) is 1. The van der Waals surface area contributed by atoms with E-state index in [0.29, 0.717) is 0 Å². The Kier molecular flexibility index (Phi) is 8.27. The Bertz CT molecular complexity index is 3320. The van der Waals surface area contributed by atoms with Gasteiger partial charge in [0.15, 0.2) is 0 Å². The van der Waals surface area contributed by atoms with E-state index in [4.69, 9.17) is 0 Å². The summed E-state index contributed by atoms with van der Waals surface area (Å²) in [7, 11) is 0. The van der Waals surface area contributed by atoms with Gasteiger partial charge in [0.1, 0.15) is 0 Å². The number of hydrogen-bond acceptors (Lipinski definition) is 1. The topological polar surface area (TPSA) is 3.24 Å². The van der Waals surface area contributed by atoms with Crippen molar-refractivity contribution in [3.8, 4) is 77.9 Å². The number of anilines is 3. The van der Waals surface area contributed by atoms with Gasteiger partial charge in [-0.15, -0.1) is 0 Å². The van der Waals surface area contributed by atoms with Gasteiger partial charge in [-0.3, -0.25) is 0 Å². The first kappa shape index (κ1) is 36.1. The van der Waals surface area contributed by atoms with E-state index in [2.05, 4.69) is 243 Å². The van der Waals surface area contributed by atoms with Crippen LogP contribution >= 0.6 is 0 Å². The highest BCUT2D eigenvalue weighted by Crippen LogP contribution is 2.57. The third-order valence-corrected chi connectivity index (χ3v) is 13.4. The van der Waals surface area contributed by atoms with Crippen LogP contribution in [0.4, 0.5) is 17.1 Å². The first-order valence-electron chi connectivity index (χ1n) is 21.7. The molecule has 0 radical (unpaired) electrons. The van der Waals surface area contributed by atoms with Gasteiger partial charge in [-0.1, -0.05) is 196 Å². The molecule has 0 saturated carbocycles. The molecular formula is C61H43N. The smallest absolute Gasteiger partial charge is 0.0465 e. The van der Waals surface area contributed by atoms with Crippen molar-refractivity contribution in [2.75, 3.05) is 4.90 Å². The fraction of sp³-hybridized carbons (Fsp3) is 0.0492. The van der Waals surface area contributed by atoms with Crippen molar-refractivity contribution < 1.29 is 0 Å². The Balaban J connectivity index is 1.05. The van der Waals surface area contributed by atoms with Crippen LogP contribution < -0.4 is 4.90 Å². The maximum absolute atomic E-state index is 2.45. The summed E-state index contributed by atoms with van der Waals surface area (Å²) in [5, 5.41) is 2.61. The highest BCUT2D eigenvalue weighted by atomic mass is 15.1. The summed E-state index contributed by atoms with van der Waals surface area (Å²) in [5.74, 6) is 0. The molecule has 12 rings (SSSR count). The Morgan fingerprint density at radius 2 is 0.758 bits per heavy atom. The molecule has 1 nitrogen and oxygen atoms in total. The average Bonchev–Trinajstić information content (AvgIpc) is 3.79. The van der Waals surface area contributed by atoms with Gasteiger partial charge in [0, 0.05) is 22.5 Å². The minimum atomic E-state index is -0.115. The molecule has 0 aliphatic heterocycles. The molecule has 0 heterocycles. The molecule has 0 spiro atoms. The molecule has 62 heavy (non-hydrogen) atoms. The molecule has 2 aliphatic carbocycles. The highest BCUT2D eigenvalue weighted by Gasteiger charge is 2.36. The standard InChI is InChI=1S/C61H43N/c1-61(2)55-27-13-12-24-49(55)50-37-36-48(38-56(50)61)62(46-32-28-41(29-33-46)40-16-6-3-7-17-40)47-34-30-43(31-35-47)53-39-54(42-18-8-4-9-19-42)59-51-25-14-22-44-23-15-26-52(57(44)51)60(59)58(53)45-20-10-5-11-21-45/h3-39H,1-2H3. The van der Waals surface area contributed by atoms with Gasteiger partial charge in [0.25, 0.3) is 0 Å². The quantitative estimate of drug-likeness (QED) is 0.155. The lowest BCUT2D eigenvalue weighted by atomic mass is 9.82. The molecule has 0 amide bonds. The molecule has 10 aromatic carbocycles. The predicted molar refractivity (Wildman–Crippen MR) is 262 cm³/mol. The van der Waals surface area contributed by atoms with Crippen LogP contribution in [-0.4, -0.2) is 0 Å². The van der Waals surface area contributed by atoms with E-state index in [1.165, 1.54) is 99.8 Å². The Labute approximate surface area is 363 Å². The Morgan fingerprint density at radius 3 is 1.42 bits per heavy atom. The number of hydrogen-bond donors (Lipinski definition) is 0. The molecule has 0 aromatic heterocycles. The van der Waals surface area contributed by atoms with Gasteiger partial charge in [-0.25, -0.2) is 0 Å². The number of rotatable bonds is 7. The predicted octanol–water partition coefficient (Wildman–Crippen LogP) is 16.9. The van der Waals surface area contributed by atoms with Crippen LogP contribution in [0.2, 0.25) is 0 Å². The van der Waals surface area contributed by atoms with Gasteiger partial charge >= 0.3 is 0 Å². The first-order valence-corrected chi connectivity index (χ1v) is 21.7. The van der Waals surface area contributed by atoms with Crippen molar-refractivity contribution >= 4 is 27.8 Å². The summed E-state index contributed by atoms with van der Waals surface area (Å²) in [6.07, 6.45) is 0. The molecule has 292 valence electrons. The van der Waals surface area contributed by atoms with Crippen molar-refractivity contribution in [3.05, 3.63) is 236 Å². The summed E-state index contributed by atoms with van der Waals surface area (Å²) in [5.41, 5.74) is 23.7. The molecule has 0 atom stereocenters. The largest absolute Gasteiger partial charge is 0.310 e. The lowest BCUT2D eigenvalue weighted by Crippen LogP contribution is -2.16. The number of benzene rings is 10. The molecule has 0 bridgehead atoms. The van der Waals surface area contributed by atoms with Crippen LogP contribution in [0.25, 0.3) is 88.7 Å². The Morgan fingerprint density at radius 1 is 0.290 bits per heavy atom. The average molecular weight is 790 g/mol. The van der Waals surface area contributed by atoms with Crippen molar-refractivity contribution in [2.45, 2.75) is 19.3 Å². The summed E-state index contributed by atoms with van der Waals surface area (Å²) >= 11 is 0. The monoisotopic (exact) mass is 789 g/mol. The fourth-order valence-electron chi connectivity index (χ4n) is 10.5. The van der Waals surface area contributed by atoms with Crippen molar-refractivity contribution in [1.29, 1.82) is 0 Å². The molecule has 10 aromatic rings. The minimum Gasteiger partial charge on any atom is -0.310 e. The van der Waals surface area contributed by atoms with Crippen LogP contribution in [0.15, 0.2) is 224 Å². The third kappa shape index (κ3) is 5.62. The zero-order chi connectivity index (χ0) is 41.4. The zero-order valence-electron chi connectivity index (χ0n) is 34.8. The number of fused-ring (bicyclic) bond motifs is 6. The van der Waals surface area contributed by atoms with E-state index >= 15 is 0 Å². The van der Waals surface area contributed by atoms with Crippen LogP contribution in [0.5, 0.6) is 0 Å². The summed E-state index contributed by atoms with van der Waals surface area (Å²) in [6, 6.07) is 82.8. The van der Waals surface area contributed by atoms with Gasteiger partial charge < -0.3 is 4.90 Å². The molecule has 0 fully saturated rings. The van der Waals surface area contributed by atoms with Gasteiger partial charge in [0.2, 0.25) is 0 Å². The maximum atomic E-state index is 2.45. The van der Waals surface area contributed by atoms with Gasteiger partial charge in [-0.2, -0.15) is 0 Å². The second kappa shape index (κ2) is 14.2.